The summed E-state index contributed by atoms with van der Waals surface area (Å²) in [5.41, 5.74) is 1.94. The quantitative estimate of drug-likeness (QED) is 0.223. The topological polar surface area (TPSA) is 91.5 Å². The molecule has 0 aliphatic rings. The number of guanidine groups is 1. The van der Waals surface area contributed by atoms with E-state index in [2.05, 4.69) is 28.0 Å². The molecule has 6 nitrogen and oxygen atoms in total. The predicted octanol–water partition coefficient (Wildman–Crippen LogP) is -0.422. The van der Waals surface area contributed by atoms with Gasteiger partial charge in [-0.25, -0.2) is 5.84 Å². The van der Waals surface area contributed by atoms with E-state index in [4.69, 9.17) is 5.84 Å². The van der Waals surface area contributed by atoms with Crippen LogP contribution in [0.2, 0.25) is 0 Å². The van der Waals surface area contributed by atoms with Gasteiger partial charge in [0.05, 0.1) is 12.0 Å². The monoisotopic (exact) mass is 229 g/mol. The van der Waals surface area contributed by atoms with E-state index in [9.17, 15) is 4.79 Å². The van der Waals surface area contributed by atoms with Crippen LogP contribution in [0.4, 0.5) is 0 Å². The van der Waals surface area contributed by atoms with E-state index in [0.29, 0.717) is 12.5 Å². The molecule has 1 amide bonds. The fourth-order valence-corrected chi connectivity index (χ4v) is 1.08. The van der Waals surface area contributed by atoms with Crippen LogP contribution in [-0.4, -0.2) is 32.0 Å². The summed E-state index contributed by atoms with van der Waals surface area (Å²) in [7, 11) is 1.62. The minimum atomic E-state index is -0.537. The van der Waals surface area contributed by atoms with Crippen molar-refractivity contribution in [2.45, 2.75) is 27.2 Å². The molecule has 0 fully saturated rings. The van der Waals surface area contributed by atoms with Crippen LogP contribution in [0.3, 0.4) is 0 Å². The van der Waals surface area contributed by atoms with Gasteiger partial charge in [0.25, 0.3) is 0 Å². The highest BCUT2D eigenvalue weighted by Gasteiger charge is 2.26. The molecule has 0 aliphatic carbocycles. The largest absolute Gasteiger partial charge is 0.359 e. The van der Waals surface area contributed by atoms with Gasteiger partial charge in [-0.3, -0.25) is 15.2 Å². The minimum Gasteiger partial charge on any atom is -0.359 e. The van der Waals surface area contributed by atoms with Crippen LogP contribution in [0.1, 0.15) is 27.2 Å². The number of nitrogens with two attached hydrogens (primary N) is 1. The van der Waals surface area contributed by atoms with Crippen molar-refractivity contribution >= 4 is 11.9 Å². The van der Waals surface area contributed by atoms with Crippen LogP contribution >= 0.6 is 0 Å². The fourth-order valence-electron chi connectivity index (χ4n) is 1.08. The SMILES string of the molecule is CCCNC(=NCC(C)(C)C(=O)NC)NN. The molecule has 0 saturated heterocycles. The fraction of sp³-hybridized carbons (Fsp3) is 0.800. The summed E-state index contributed by atoms with van der Waals surface area (Å²) in [6.45, 7) is 6.90. The van der Waals surface area contributed by atoms with Crippen LogP contribution in [-0.2, 0) is 4.79 Å². The van der Waals surface area contributed by atoms with E-state index >= 15 is 0 Å². The highest BCUT2D eigenvalue weighted by atomic mass is 16.2. The lowest BCUT2D eigenvalue weighted by molar-refractivity contribution is -0.128. The number of carbonyl (C=O) groups is 1. The molecule has 0 heterocycles. The lowest BCUT2D eigenvalue weighted by Gasteiger charge is -2.20. The molecule has 0 atom stereocenters. The smallest absolute Gasteiger partial charge is 0.227 e. The maximum absolute atomic E-state index is 11.5. The zero-order valence-corrected chi connectivity index (χ0v) is 10.6. The average Bonchev–Trinajstić information content (AvgIpc) is 2.28. The minimum absolute atomic E-state index is 0.0388. The third-order valence-corrected chi connectivity index (χ3v) is 2.15. The van der Waals surface area contributed by atoms with Gasteiger partial charge in [0.15, 0.2) is 0 Å². The first-order valence-electron chi connectivity index (χ1n) is 5.45. The highest BCUT2D eigenvalue weighted by molar-refractivity contribution is 5.83. The Labute approximate surface area is 97.0 Å². The number of nitrogens with one attached hydrogen (secondary N) is 3. The van der Waals surface area contributed by atoms with Crippen molar-refractivity contribution in [1.29, 1.82) is 0 Å². The zero-order valence-electron chi connectivity index (χ0n) is 10.6. The van der Waals surface area contributed by atoms with Crippen LogP contribution < -0.4 is 21.9 Å². The van der Waals surface area contributed by atoms with Gasteiger partial charge in [0, 0.05) is 13.6 Å². The van der Waals surface area contributed by atoms with Gasteiger partial charge in [-0.15, -0.1) is 0 Å². The number of nitrogens with zero attached hydrogens (tertiary/aromatic N) is 1. The second kappa shape index (κ2) is 7.05. The summed E-state index contributed by atoms with van der Waals surface area (Å²) in [6, 6.07) is 0. The molecule has 0 unspecified atom stereocenters. The summed E-state index contributed by atoms with van der Waals surface area (Å²) in [5, 5.41) is 5.64. The summed E-state index contributed by atoms with van der Waals surface area (Å²) >= 11 is 0. The Bertz CT molecular complexity index is 250. The number of hydrazine groups is 1. The number of amides is 1. The van der Waals surface area contributed by atoms with Gasteiger partial charge in [0.1, 0.15) is 0 Å². The van der Waals surface area contributed by atoms with Crippen molar-refractivity contribution < 1.29 is 4.79 Å². The Balaban J connectivity index is 4.35. The molecule has 6 heteroatoms. The predicted molar refractivity (Wildman–Crippen MR) is 65.8 cm³/mol. The summed E-state index contributed by atoms with van der Waals surface area (Å²) < 4.78 is 0. The van der Waals surface area contributed by atoms with Crippen LogP contribution in [0.15, 0.2) is 4.99 Å². The highest BCUT2D eigenvalue weighted by Crippen LogP contribution is 2.14. The van der Waals surface area contributed by atoms with E-state index in [1.165, 1.54) is 0 Å². The van der Waals surface area contributed by atoms with Crippen molar-refractivity contribution in [3.63, 3.8) is 0 Å². The van der Waals surface area contributed by atoms with Gasteiger partial charge in [-0.1, -0.05) is 6.92 Å². The van der Waals surface area contributed by atoms with Crippen molar-refractivity contribution in [3.8, 4) is 0 Å². The third kappa shape index (κ3) is 4.97. The number of carbonyl (C=O) groups excluding carboxylic acids is 1. The van der Waals surface area contributed by atoms with Crippen molar-refractivity contribution in [3.05, 3.63) is 0 Å². The van der Waals surface area contributed by atoms with E-state index in [1.54, 1.807) is 7.05 Å². The Kier molecular flexibility index (Phi) is 6.48. The first-order valence-corrected chi connectivity index (χ1v) is 5.45. The summed E-state index contributed by atoms with van der Waals surface area (Å²) in [5.74, 6) is 5.78. The van der Waals surface area contributed by atoms with E-state index in [1.807, 2.05) is 13.8 Å². The molecular formula is C10H23N5O. The Morgan fingerprint density at radius 2 is 2.06 bits per heavy atom. The molecule has 0 aromatic carbocycles. The molecule has 0 aromatic rings. The lowest BCUT2D eigenvalue weighted by atomic mass is 9.93. The molecule has 0 spiro atoms. The standard InChI is InChI=1S/C10H23N5O/c1-5-6-13-9(15-11)14-7-10(2,3)8(16)12-4/h5-7,11H2,1-4H3,(H,12,16)(H2,13,14,15). The molecule has 0 saturated carbocycles. The van der Waals surface area contributed by atoms with E-state index in [-0.39, 0.29) is 5.91 Å². The second-order valence-corrected chi connectivity index (χ2v) is 4.20. The van der Waals surface area contributed by atoms with Gasteiger partial charge in [-0.05, 0) is 20.3 Å². The average molecular weight is 229 g/mol. The van der Waals surface area contributed by atoms with Gasteiger partial charge in [0.2, 0.25) is 11.9 Å². The van der Waals surface area contributed by atoms with Crippen LogP contribution in [0, 0.1) is 5.41 Å². The van der Waals surface area contributed by atoms with Crippen LogP contribution in [0.25, 0.3) is 0 Å². The normalized spacial score (nSPS) is 12.2. The van der Waals surface area contributed by atoms with Gasteiger partial charge >= 0.3 is 0 Å². The molecule has 5 N–H and O–H groups in total. The first kappa shape index (κ1) is 14.7. The Morgan fingerprint density at radius 1 is 1.44 bits per heavy atom. The summed E-state index contributed by atoms with van der Waals surface area (Å²) in [4.78, 5) is 15.7. The van der Waals surface area contributed by atoms with Gasteiger partial charge in [-0.2, -0.15) is 0 Å². The molecule has 94 valence electrons. The first-order chi connectivity index (χ1) is 7.47. The molecule has 0 bridgehead atoms. The lowest BCUT2D eigenvalue weighted by Crippen LogP contribution is -2.43. The Hall–Kier alpha value is -1.30. The third-order valence-electron chi connectivity index (χ3n) is 2.15. The maximum atomic E-state index is 11.5. The molecule has 0 rings (SSSR count). The van der Waals surface area contributed by atoms with E-state index < -0.39 is 5.41 Å². The molecule has 0 aliphatic heterocycles. The van der Waals surface area contributed by atoms with Crippen molar-refractivity contribution in [2.24, 2.45) is 16.3 Å². The number of hydrogen-bond acceptors (Lipinski definition) is 3. The van der Waals surface area contributed by atoms with Crippen LogP contribution in [0.5, 0.6) is 0 Å². The number of aliphatic imine (C=N–C) groups is 1. The number of rotatable bonds is 5. The molecular weight excluding hydrogens is 206 g/mol. The van der Waals surface area contributed by atoms with Crippen molar-refractivity contribution in [1.82, 2.24) is 16.1 Å². The molecule has 16 heavy (non-hydrogen) atoms. The van der Waals surface area contributed by atoms with E-state index in [0.717, 1.165) is 13.0 Å². The summed E-state index contributed by atoms with van der Waals surface area (Å²) in [6.07, 6.45) is 0.986. The van der Waals surface area contributed by atoms with Gasteiger partial charge < -0.3 is 10.6 Å². The zero-order chi connectivity index (χ0) is 12.6. The van der Waals surface area contributed by atoms with Crippen molar-refractivity contribution in [2.75, 3.05) is 20.1 Å². The maximum Gasteiger partial charge on any atom is 0.227 e. The second-order valence-electron chi connectivity index (χ2n) is 4.20. The molecule has 0 radical (unpaired) electrons. The number of hydrogen-bond donors (Lipinski definition) is 4. The molecule has 0 aromatic heterocycles. The Morgan fingerprint density at radius 3 is 2.50 bits per heavy atom.